The Balaban J connectivity index is 1.98. The van der Waals surface area contributed by atoms with Gasteiger partial charge in [0.05, 0.1) is 20.6 Å². The number of carbonyl (C=O) groups excluding carboxylic acids is 1. The first-order valence-corrected chi connectivity index (χ1v) is 7.02. The topological polar surface area (TPSA) is 85.2 Å². The first kappa shape index (κ1) is 15.0. The summed E-state index contributed by atoms with van der Waals surface area (Å²) in [4.78, 5) is 12.4. The number of carbonyl (C=O) groups is 1. The van der Waals surface area contributed by atoms with E-state index >= 15 is 0 Å². The maximum Gasteiger partial charge on any atom is 0.203 e. The molecule has 1 atom stereocenters. The molecule has 120 valence electrons. The molecule has 1 unspecified atom stereocenters. The Kier molecular flexibility index (Phi) is 3.73. The molecule has 0 aliphatic carbocycles. The molecule has 0 bridgehead atoms. The number of ketones is 1. The van der Waals surface area contributed by atoms with Gasteiger partial charge in [-0.1, -0.05) is 12.1 Å². The summed E-state index contributed by atoms with van der Waals surface area (Å²) in [6.07, 6.45) is -0.408. The number of phenolic OH excluding ortho intramolecular Hbond substituents is 2. The smallest absolute Gasteiger partial charge is 0.203 e. The molecule has 23 heavy (non-hydrogen) atoms. The fraction of sp³-hybridized carbons (Fsp3) is 0.235. The largest absolute Gasteiger partial charge is 0.504 e. The van der Waals surface area contributed by atoms with Crippen LogP contribution in [-0.4, -0.2) is 30.2 Å². The Morgan fingerprint density at radius 2 is 1.83 bits per heavy atom. The second kappa shape index (κ2) is 5.72. The minimum absolute atomic E-state index is 0.0319. The summed E-state index contributed by atoms with van der Waals surface area (Å²) < 4.78 is 15.8. The normalized spacial score (nSPS) is 16.4. The summed E-state index contributed by atoms with van der Waals surface area (Å²) in [6, 6.07) is 8.46. The first-order chi connectivity index (χ1) is 11.0. The summed E-state index contributed by atoms with van der Waals surface area (Å²) in [6.45, 7) is 0. The van der Waals surface area contributed by atoms with Crippen LogP contribution >= 0.6 is 0 Å². The van der Waals surface area contributed by atoms with Crippen molar-refractivity contribution in [2.75, 3.05) is 14.2 Å². The summed E-state index contributed by atoms with van der Waals surface area (Å²) in [5.74, 6) is -0.256. The molecule has 3 rings (SSSR count). The Bertz CT molecular complexity index is 751. The minimum Gasteiger partial charge on any atom is -0.504 e. The number of hydrogen-bond donors (Lipinski definition) is 2. The third kappa shape index (κ3) is 2.52. The number of hydrogen-bond acceptors (Lipinski definition) is 6. The van der Waals surface area contributed by atoms with Gasteiger partial charge in [0.15, 0.2) is 17.3 Å². The van der Waals surface area contributed by atoms with Crippen molar-refractivity contribution in [1.29, 1.82) is 0 Å². The van der Waals surface area contributed by atoms with Gasteiger partial charge in [-0.05, 0) is 17.7 Å². The fourth-order valence-corrected chi connectivity index (χ4v) is 2.65. The molecule has 0 saturated carbocycles. The van der Waals surface area contributed by atoms with Gasteiger partial charge in [0.25, 0.3) is 0 Å². The van der Waals surface area contributed by atoms with E-state index in [1.165, 1.54) is 13.2 Å². The van der Waals surface area contributed by atoms with Crippen LogP contribution in [0.25, 0.3) is 0 Å². The van der Waals surface area contributed by atoms with Crippen molar-refractivity contribution in [3.8, 4) is 28.7 Å². The highest BCUT2D eigenvalue weighted by Crippen LogP contribution is 2.48. The molecule has 0 fully saturated rings. The number of ether oxygens (including phenoxy) is 3. The van der Waals surface area contributed by atoms with Crippen LogP contribution in [-0.2, 0) is 0 Å². The van der Waals surface area contributed by atoms with Crippen molar-refractivity contribution in [1.82, 2.24) is 0 Å². The molecule has 1 aliphatic rings. The fourth-order valence-electron chi connectivity index (χ4n) is 2.65. The lowest BCUT2D eigenvalue weighted by Gasteiger charge is -2.26. The molecule has 0 aromatic heterocycles. The molecule has 2 N–H and O–H groups in total. The number of methoxy groups -OCH3 is 2. The first-order valence-electron chi connectivity index (χ1n) is 7.02. The number of fused-ring (bicyclic) bond motifs is 1. The van der Waals surface area contributed by atoms with E-state index in [0.29, 0.717) is 5.75 Å². The maximum atomic E-state index is 12.4. The number of phenols is 2. The van der Waals surface area contributed by atoms with Crippen LogP contribution in [0, 0.1) is 0 Å². The zero-order chi connectivity index (χ0) is 16.6. The van der Waals surface area contributed by atoms with Gasteiger partial charge in [-0.15, -0.1) is 0 Å². The van der Waals surface area contributed by atoms with Crippen molar-refractivity contribution in [2.45, 2.75) is 12.5 Å². The number of benzene rings is 2. The van der Waals surface area contributed by atoms with E-state index in [1.807, 2.05) is 12.1 Å². The van der Waals surface area contributed by atoms with Crippen LogP contribution in [0.4, 0.5) is 0 Å². The molecule has 0 amide bonds. The van der Waals surface area contributed by atoms with Gasteiger partial charge < -0.3 is 24.4 Å². The molecule has 1 heterocycles. The Hall–Kier alpha value is -2.89. The number of aromatic hydroxyl groups is 2. The van der Waals surface area contributed by atoms with E-state index < -0.39 is 11.9 Å². The van der Waals surface area contributed by atoms with Crippen LogP contribution in [0.1, 0.15) is 28.4 Å². The quantitative estimate of drug-likeness (QED) is 0.905. The average molecular weight is 316 g/mol. The highest BCUT2D eigenvalue weighted by Gasteiger charge is 2.33. The van der Waals surface area contributed by atoms with E-state index in [2.05, 4.69) is 0 Å². The molecular formula is C17H16O6. The summed E-state index contributed by atoms with van der Waals surface area (Å²) in [5, 5.41) is 20.0. The van der Waals surface area contributed by atoms with Gasteiger partial charge in [-0.2, -0.15) is 0 Å². The molecule has 0 saturated heterocycles. The lowest BCUT2D eigenvalue weighted by atomic mass is 9.95. The van der Waals surface area contributed by atoms with E-state index in [4.69, 9.17) is 14.2 Å². The SMILES string of the molecule is COc1ccc(C2CC(=O)c3c(cc(O)c(OC)c3O)O2)cc1. The molecule has 6 heteroatoms. The van der Waals surface area contributed by atoms with Gasteiger partial charge in [0, 0.05) is 6.07 Å². The van der Waals surface area contributed by atoms with Gasteiger partial charge >= 0.3 is 0 Å². The minimum atomic E-state index is -0.492. The third-order valence-corrected chi connectivity index (χ3v) is 3.81. The van der Waals surface area contributed by atoms with Crippen molar-refractivity contribution in [2.24, 2.45) is 0 Å². The predicted molar refractivity (Wildman–Crippen MR) is 81.6 cm³/mol. The van der Waals surface area contributed by atoms with Gasteiger partial charge in [-0.3, -0.25) is 4.79 Å². The van der Waals surface area contributed by atoms with E-state index in [1.54, 1.807) is 19.2 Å². The Labute approximate surface area is 132 Å². The molecule has 0 spiro atoms. The van der Waals surface area contributed by atoms with E-state index in [-0.39, 0.29) is 35.0 Å². The standard InChI is InChI=1S/C17H16O6/c1-21-10-5-3-9(4-6-10)13-7-11(18)15-14(23-13)8-12(19)17(22-2)16(15)20/h3-6,8,13,19-20H,7H2,1-2H3. The second-order valence-corrected chi connectivity index (χ2v) is 5.16. The Morgan fingerprint density at radius 1 is 1.13 bits per heavy atom. The molecule has 1 aliphatic heterocycles. The van der Waals surface area contributed by atoms with Crippen molar-refractivity contribution >= 4 is 5.78 Å². The zero-order valence-corrected chi connectivity index (χ0v) is 12.7. The van der Waals surface area contributed by atoms with Crippen LogP contribution in [0.3, 0.4) is 0 Å². The van der Waals surface area contributed by atoms with Crippen molar-refractivity contribution in [3.63, 3.8) is 0 Å². The summed E-state index contributed by atoms with van der Waals surface area (Å²) in [5.41, 5.74) is 0.837. The third-order valence-electron chi connectivity index (χ3n) is 3.81. The van der Waals surface area contributed by atoms with E-state index in [0.717, 1.165) is 5.56 Å². The number of Topliss-reactive ketones (excluding diaryl/α,β-unsaturated/α-hetero) is 1. The second-order valence-electron chi connectivity index (χ2n) is 5.16. The van der Waals surface area contributed by atoms with Crippen molar-refractivity contribution < 1.29 is 29.2 Å². The monoisotopic (exact) mass is 316 g/mol. The molecule has 6 nitrogen and oxygen atoms in total. The highest BCUT2D eigenvalue weighted by atomic mass is 16.5. The highest BCUT2D eigenvalue weighted by molar-refractivity contribution is 6.03. The molecule has 2 aromatic rings. The van der Waals surface area contributed by atoms with Crippen LogP contribution < -0.4 is 14.2 Å². The van der Waals surface area contributed by atoms with Gasteiger partial charge in [-0.25, -0.2) is 0 Å². The van der Waals surface area contributed by atoms with Crippen LogP contribution in [0.2, 0.25) is 0 Å². The van der Waals surface area contributed by atoms with Gasteiger partial charge in [0.1, 0.15) is 23.2 Å². The van der Waals surface area contributed by atoms with Gasteiger partial charge in [0.2, 0.25) is 5.75 Å². The van der Waals surface area contributed by atoms with Crippen LogP contribution in [0.15, 0.2) is 30.3 Å². The lowest BCUT2D eigenvalue weighted by Crippen LogP contribution is -2.20. The molecular weight excluding hydrogens is 300 g/mol. The maximum absolute atomic E-state index is 12.4. The van der Waals surface area contributed by atoms with Crippen molar-refractivity contribution in [3.05, 3.63) is 41.5 Å². The summed E-state index contributed by atoms with van der Waals surface area (Å²) in [7, 11) is 2.88. The molecule has 2 aromatic carbocycles. The predicted octanol–water partition coefficient (Wildman–Crippen LogP) is 2.82. The summed E-state index contributed by atoms with van der Waals surface area (Å²) >= 11 is 0. The zero-order valence-electron chi connectivity index (χ0n) is 12.7. The Morgan fingerprint density at radius 3 is 2.43 bits per heavy atom. The van der Waals surface area contributed by atoms with Crippen LogP contribution in [0.5, 0.6) is 28.7 Å². The number of rotatable bonds is 3. The molecule has 0 radical (unpaired) electrons. The average Bonchev–Trinajstić information content (AvgIpc) is 2.54. The lowest BCUT2D eigenvalue weighted by molar-refractivity contribution is 0.0843. The van der Waals surface area contributed by atoms with E-state index in [9.17, 15) is 15.0 Å².